The summed E-state index contributed by atoms with van der Waals surface area (Å²) in [6.07, 6.45) is 1.90. The summed E-state index contributed by atoms with van der Waals surface area (Å²) in [5, 5.41) is 7.77. The van der Waals surface area contributed by atoms with Crippen molar-refractivity contribution in [3.05, 3.63) is 41.3 Å². The molecule has 4 nitrogen and oxygen atoms in total. The lowest BCUT2D eigenvalue weighted by atomic mass is 10.1. The van der Waals surface area contributed by atoms with E-state index in [1.807, 2.05) is 6.26 Å². The molecule has 0 radical (unpaired) electrons. The van der Waals surface area contributed by atoms with Crippen LogP contribution in [0.1, 0.15) is 16.2 Å². The molecular weight excluding hydrogens is 306 g/mol. The van der Waals surface area contributed by atoms with Crippen LogP contribution in [0.15, 0.2) is 27.8 Å². The third-order valence-electron chi connectivity index (χ3n) is 2.27. The Bertz CT molecular complexity index is 619. The molecule has 0 saturated carbocycles. The molecule has 0 N–H and O–H groups in total. The van der Waals surface area contributed by atoms with E-state index < -0.39 is 17.4 Å². The number of carbonyl (C=O) groups is 1. The summed E-state index contributed by atoms with van der Waals surface area (Å²) in [5.41, 5.74) is -0.277. The van der Waals surface area contributed by atoms with Gasteiger partial charge in [0.1, 0.15) is 11.6 Å². The van der Waals surface area contributed by atoms with Crippen molar-refractivity contribution in [2.24, 2.45) is 0 Å². The number of aromatic nitrogens is 2. The van der Waals surface area contributed by atoms with Gasteiger partial charge in [-0.2, -0.15) is 11.8 Å². The van der Waals surface area contributed by atoms with E-state index in [0.717, 1.165) is 30.0 Å². The molecule has 0 bridgehead atoms. The standard InChI is InChI=1S/C12H10F2N2O2S2/c1-19-6-11-15-16-12(18-11)20-5-10(17)8-4-7(13)2-3-9(8)14/h2-4H,5-6H2,1H3. The van der Waals surface area contributed by atoms with Gasteiger partial charge in [-0.15, -0.1) is 10.2 Å². The SMILES string of the molecule is CSCc1nnc(SCC(=O)c2cc(F)ccc2F)o1. The zero-order valence-electron chi connectivity index (χ0n) is 10.4. The molecule has 0 fully saturated rings. The van der Waals surface area contributed by atoms with E-state index in [0.29, 0.717) is 11.6 Å². The highest BCUT2D eigenvalue weighted by Gasteiger charge is 2.15. The fourth-order valence-corrected chi connectivity index (χ4v) is 2.42. The maximum absolute atomic E-state index is 13.4. The Morgan fingerprint density at radius 2 is 2.15 bits per heavy atom. The zero-order chi connectivity index (χ0) is 14.5. The lowest BCUT2D eigenvalue weighted by Gasteiger charge is -2.01. The zero-order valence-corrected chi connectivity index (χ0v) is 12.1. The number of carbonyl (C=O) groups excluding carboxylic acids is 1. The smallest absolute Gasteiger partial charge is 0.277 e. The van der Waals surface area contributed by atoms with Crippen LogP contribution in [0.25, 0.3) is 0 Å². The molecule has 2 rings (SSSR count). The molecule has 20 heavy (non-hydrogen) atoms. The van der Waals surface area contributed by atoms with Crippen LogP contribution in [0.3, 0.4) is 0 Å². The average Bonchev–Trinajstić information content (AvgIpc) is 2.87. The minimum absolute atomic E-state index is 0.0960. The van der Waals surface area contributed by atoms with E-state index in [-0.39, 0.29) is 16.5 Å². The van der Waals surface area contributed by atoms with E-state index in [9.17, 15) is 13.6 Å². The van der Waals surface area contributed by atoms with Gasteiger partial charge in [-0.05, 0) is 24.5 Å². The average molecular weight is 316 g/mol. The minimum atomic E-state index is -0.745. The van der Waals surface area contributed by atoms with Gasteiger partial charge in [0.25, 0.3) is 5.22 Å². The summed E-state index contributed by atoms with van der Waals surface area (Å²) < 4.78 is 31.7. The molecule has 1 aromatic heterocycles. The highest BCUT2D eigenvalue weighted by Crippen LogP contribution is 2.20. The number of ketones is 1. The van der Waals surface area contributed by atoms with Crippen LogP contribution < -0.4 is 0 Å². The van der Waals surface area contributed by atoms with Crippen LogP contribution in [0.5, 0.6) is 0 Å². The largest absolute Gasteiger partial charge is 0.415 e. The predicted molar refractivity (Wildman–Crippen MR) is 72.9 cm³/mol. The molecule has 1 heterocycles. The molecule has 0 atom stereocenters. The van der Waals surface area contributed by atoms with Gasteiger partial charge in [-0.25, -0.2) is 8.78 Å². The van der Waals surface area contributed by atoms with Gasteiger partial charge in [0, 0.05) is 0 Å². The maximum atomic E-state index is 13.4. The number of Topliss-reactive ketones (excluding diaryl/α,β-unsaturated/α-hetero) is 1. The molecule has 0 aliphatic heterocycles. The second-order valence-corrected chi connectivity index (χ2v) is 5.52. The molecule has 0 unspecified atom stereocenters. The number of hydrogen-bond acceptors (Lipinski definition) is 6. The van der Waals surface area contributed by atoms with Crippen LogP contribution in [0.4, 0.5) is 8.78 Å². The second kappa shape index (κ2) is 6.85. The second-order valence-electron chi connectivity index (χ2n) is 3.73. The Labute approximate surface area is 122 Å². The van der Waals surface area contributed by atoms with Crippen molar-refractivity contribution in [1.82, 2.24) is 10.2 Å². The van der Waals surface area contributed by atoms with Crippen molar-refractivity contribution in [3.63, 3.8) is 0 Å². The minimum Gasteiger partial charge on any atom is -0.415 e. The Morgan fingerprint density at radius 1 is 1.35 bits per heavy atom. The lowest BCUT2D eigenvalue weighted by molar-refractivity contribution is 0.101. The summed E-state index contributed by atoms with van der Waals surface area (Å²) in [5.74, 6) is -0.979. The summed E-state index contributed by atoms with van der Waals surface area (Å²) in [6.45, 7) is 0. The van der Waals surface area contributed by atoms with Crippen LogP contribution in [0.2, 0.25) is 0 Å². The van der Waals surface area contributed by atoms with Crippen LogP contribution in [0, 0.1) is 11.6 Å². The molecule has 0 aliphatic rings. The fourth-order valence-electron chi connectivity index (χ4n) is 1.39. The van der Waals surface area contributed by atoms with E-state index in [4.69, 9.17) is 4.42 Å². The Morgan fingerprint density at radius 3 is 2.90 bits per heavy atom. The van der Waals surface area contributed by atoms with Gasteiger partial charge in [0.15, 0.2) is 5.78 Å². The number of hydrogen-bond donors (Lipinski definition) is 0. The van der Waals surface area contributed by atoms with Crippen LogP contribution in [-0.4, -0.2) is 28.0 Å². The van der Waals surface area contributed by atoms with Gasteiger partial charge >= 0.3 is 0 Å². The number of halogens is 2. The highest BCUT2D eigenvalue weighted by molar-refractivity contribution is 7.99. The quantitative estimate of drug-likeness (QED) is 0.602. The normalized spacial score (nSPS) is 10.8. The maximum Gasteiger partial charge on any atom is 0.277 e. The third-order valence-corrected chi connectivity index (χ3v) is 3.63. The number of thioether (sulfide) groups is 2. The molecule has 0 spiro atoms. The summed E-state index contributed by atoms with van der Waals surface area (Å²) in [6, 6.07) is 2.77. The Balaban J connectivity index is 1.99. The van der Waals surface area contributed by atoms with E-state index in [1.54, 1.807) is 0 Å². The number of nitrogens with zero attached hydrogens (tertiary/aromatic N) is 2. The van der Waals surface area contributed by atoms with Crippen molar-refractivity contribution in [1.29, 1.82) is 0 Å². The van der Waals surface area contributed by atoms with Crippen LogP contribution in [-0.2, 0) is 5.75 Å². The summed E-state index contributed by atoms with van der Waals surface area (Å²) >= 11 is 2.53. The van der Waals surface area contributed by atoms with E-state index in [2.05, 4.69) is 10.2 Å². The van der Waals surface area contributed by atoms with Crippen molar-refractivity contribution in [2.75, 3.05) is 12.0 Å². The lowest BCUT2D eigenvalue weighted by Crippen LogP contribution is -2.06. The molecule has 2 aromatic rings. The number of rotatable bonds is 6. The Hall–Kier alpha value is -1.41. The van der Waals surface area contributed by atoms with Gasteiger partial charge in [-0.3, -0.25) is 4.79 Å². The first-order chi connectivity index (χ1) is 9.60. The first kappa shape index (κ1) is 15.0. The Kier molecular flexibility index (Phi) is 5.13. The highest BCUT2D eigenvalue weighted by atomic mass is 32.2. The third kappa shape index (κ3) is 3.80. The van der Waals surface area contributed by atoms with Crippen molar-refractivity contribution in [2.45, 2.75) is 11.0 Å². The first-order valence-corrected chi connectivity index (χ1v) is 7.90. The molecule has 0 amide bonds. The fraction of sp³-hybridized carbons (Fsp3) is 0.250. The molecule has 0 saturated heterocycles. The van der Waals surface area contributed by atoms with Gasteiger partial charge in [0.05, 0.1) is 17.1 Å². The van der Waals surface area contributed by atoms with Crippen molar-refractivity contribution < 1.29 is 18.0 Å². The van der Waals surface area contributed by atoms with E-state index in [1.165, 1.54) is 11.8 Å². The van der Waals surface area contributed by atoms with Crippen molar-refractivity contribution in [3.8, 4) is 0 Å². The monoisotopic (exact) mass is 316 g/mol. The molecule has 1 aromatic carbocycles. The summed E-state index contributed by atoms with van der Waals surface area (Å²) in [4.78, 5) is 11.8. The molecule has 0 aliphatic carbocycles. The van der Waals surface area contributed by atoms with Crippen LogP contribution >= 0.6 is 23.5 Å². The topological polar surface area (TPSA) is 56.0 Å². The summed E-state index contributed by atoms with van der Waals surface area (Å²) in [7, 11) is 0. The first-order valence-electron chi connectivity index (χ1n) is 5.52. The predicted octanol–water partition coefficient (Wildman–Crippen LogP) is 3.19. The van der Waals surface area contributed by atoms with Gasteiger partial charge < -0.3 is 4.42 Å². The molecule has 106 valence electrons. The van der Waals surface area contributed by atoms with Crippen molar-refractivity contribution >= 4 is 29.3 Å². The molecular formula is C12H10F2N2O2S2. The van der Waals surface area contributed by atoms with Gasteiger partial charge in [-0.1, -0.05) is 11.8 Å². The molecule has 8 heteroatoms. The van der Waals surface area contributed by atoms with E-state index >= 15 is 0 Å². The number of benzene rings is 1. The van der Waals surface area contributed by atoms with Gasteiger partial charge in [0.2, 0.25) is 5.89 Å².